The van der Waals surface area contributed by atoms with Gasteiger partial charge in [0.1, 0.15) is 0 Å². The molecule has 7 nitrogen and oxygen atoms in total. The van der Waals surface area contributed by atoms with Crippen LogP contribution in [-0.2, 0) is 19.1 Å². The van der Waals surface area contributed by atoms with Gasteiger partial charge in [0.25, 0.3) is 0 Å². The van der Waals surface area contributed by atoms with Crippen molar-refractivity contribution in [3.63, 3.8) is 0 Å². The van der Waals surface area contributed by atoms with Gasteiger partial charge >= 0.3 is 12.1 Å². The van der Waals surface area contributed by atoms with E-state index in [0.717, 1.165) is 24.8 Å². The third kappa shape index (κ3) is 3.14. The number of aliphatic hydroxyl groups excluding tert-OH is 1. The highest BCUT2D eigenvalue weighted by Crippen LogP contribution is 2.68. The molecule has 0 aromatic heterocycles. The van der Waals surface area contributed by atoms with E-state index in [-0.39, 0.29) is 48.4 Å². The number of allylic oxidation sites excluding steroid dienone is 1. The van der Waals surface area contributed by atoms with Crippen molar-refractivity contribution in [2.24, 2.45) is 28.6 Å². The number of rotatable bonds is 4. The SMILES string of the molecule is CCCOC(=O)O[C@]1(C(=O)O)CC[C@H]2[C@@H]3CCC4=CC(=O)CC[C@]4(C)[C@H]3[C@@H](O)C[C@@]21C. The molecule has 7 atom stereocenters. The van der Waals surface area contributed by atoms with Gasteiger partial charge in [0.2, 0.25) is 5.60 Å². The summed E-state index contributed by atoms with van der Waals surface area (Å²) in [5.74, 6) is -0.879. The molecular weight excluding hydrogens is 400 g/mol. The number of carbonyl (C=O) groups excluding carboxylic acids is 2. The van der Waals surface area contributed by atoms with Crippen LogP contribution in [0.4, 0.5) is 4.79 Å². The number of aliphatic hydroxyl groups is 1. The standard InChI is InChI=1S/C24H34O7/c1-4-11-30-21(29)31-24(20(27)28)10-8-17-16-6-5-14-12-15(25)7-9-22(14,2)19(16)18(26)13-23(17,24)3/h12,16-19,26H,4-11,13H2,1-3H3,(H,27,28)/t16-,17-,18-,19+,22-,23-,24-/m0/s1. The normalized spacial score (nSPS) is 43.9. The third-order valence-electron chi connectivity index (χ3n) is 9.04. The number of hydrogen-bond acceptors (Lipinski definition) is 6. The Morgan fingerprint density at radius 2 is 1.94 bits per heavy atom. The zero-order valence-electron chi connectivity index (χ0n) is 18.7. The van der Waals surface area contributed by atoms with Crippen molar-refractivity contribution in [3.8, 4) is 0 Å². The molecule has 0 spiro atoms. The summed E-state index contributed by atoms with van der Waals surface area (Å²) < 4.78 is 10.6. The Bertz CT molecular complexity index is 819. The maximum absolute atomic E-state index is 12.5. The van der Waals surface area contributed by atoms with E-state index >= 15 is 0 Å². The van der Waals surface area contributed by atoms with E-state index in [1.165, 1.54) is 0 Å². The quantitative estimate of drug-likeness (QED) is 0.646. The van der Waals surface area contributed by atoms with Crippen LogP contribution in [-0.4, -0.2) is 46.4 Å². The maximum atomic E-state index is 12.5. The fourth-order valence-corrected chi connectivity index (χ4v) is 7.60. The van der Waals surface area contributed by atoms with Crippen molar-refractivity contribution in [2.75, 3.05) is 6.61 Å². The van der Waals surface area contributed by atoms with Crippen molar-refractivity contribution < 1.29 is 34.1 Å². The van der Waals surface area contributed by atoms with E-state index in [2.05, 4.69) is 6.92 Å². The monoisotopic (exact) mass is 434 g/mol. The fraction of sp³-hybridized carbons (Fsp3) is 0.792. The largest absolute Gasteiger partial charge is 0.509 e. The summed E-state index contributed by atoms with van der Waals surface area (Å²) in [6.45, 7) is 6.06. The zero-order chi connectivity index (χ0) is 22.6. The number of carbonyl (C=O) groups is 3. The zero-order valence-corrected chi connectivity index (χ0v) is 18.7. The lowest BCUT2D eigenvalue weighted by Crippen LogP contribution is -2.62. The Morgan fingerprint density at radius 1 is 1.19 bits per heavy atom. The number of carboxylic acid groups (broad SMARTS) is 1. The van der Waals surface area contributed by atoms with Crippen LogP contribution in [0.1, 0.15) is 72.1 Å². The first-order valence-corrected chi connectivity index (χ1v) is 11.6. The van der Waals surface area contributed by atoms with E-state index < -0.39 is 29.2 Å². The second kappa shape index (κ2) is 7.61. The average Bonchev–Trinajstić information content (AvgIpc) is 2.99. The van der Waals surface area contributed by atoms with Crippen LogP contribution >= 0.6 is 0 Å². The summed E-state index contributed by atoms with van der Waals surface area (Å²) in [6, 6.07) is 0. The fourth-order valence-electron chi connectivity index (χ4n) is 7.60. The molecule has 0 saturated heterocycles. The number of ketones is 1. The Hall–Kier alpha value is -1.89. The lowest BCUT2D eigenvalue weighted by atomic mass is 9.45. The number of hydrogen-bond donors (Lipinski definition) is 2. The molecule has 3 fully saturated rings. The highest BCUT2D eigenvalue weighted by Gasteiger charge is 2.71. The Morgan fingerprint density at radius 3 is 2.61 bits per heavy atom. The molecule has 4 aliphatic carbocycles. The van der Waals surface area contributed by atoms with Crippen LogP contribution in [0.3, 0.4) is 0 Å². The minimum Gasteiger partial charge on any atom is -0.478 e. The topological polar surface area (TPSA) is 110 Å². The van der Waals surface area contributed by atoms with Gasteiger partial charge in [-0.25, -0.2) is 9.59 Å². The van der Waals surface area contributed by atoms with Gasteiger partial charge in [-0.1, -0.05) is 26.3 Å². The molecule has 0 bridgehead atoms. The first kappa shape index (κ1) is 22.3. The lowest BCUT2D eigenvalue weighted by molar-refractivity contribution is -0.199. The predicted molar refractivity (Wildman–Crippen MR) is 111 cm³/mol. The highest BCUT2D eigenvalue weighted by molar-refractivity contribution is 5.91. The van der Waals surface area contributed by atoms with Gasteiger partial charge < -0.3 is 19.7 Å². The summed E-state index contributed by atoms with van der Waals surface area (Å²) in [5.41, 5.74) is -1.69. The van der Waals surface area contributed by atoms with Gasteiger partial charge in [-0.15, -0.1) is 0 Å². The number of fused-ring (bicyclic) bond motifs is 5. The highest BCUT2D eigenvalue weighted by atomic mass is 16.7. The molecule has 0 radical (unpaired) electrons. The molecule has 172 valence electrons. The lowest BCUT2D eigenvalue weighted by Gasteiger charge is -2.60. The van der Waals surface area contributed by atoms with E-state index in [1.54, 1.807) is 6.08 Å². The van der Waals surface area contributed by atoms with E-state index in [9.17, 15) is 24.6 Å². The van der Waals surface area contributed by atoms with Crippen LogP contribution < -0.4 is 0 Å². The second-order valence-electron chi connectivity index (χ2n) is 10.4. The summed E-state index contributed by atoms with van der Waals surface area (Å²) in [5, 5.41) is 21.6. The van der Waals surface area contributed by atoms with Crippen molar-refractivity contribution in [1.82, 2.24) is 0 Å². The molecule has 31 heavy (non-hydrogen) atoms. The molecule has 0 aliphatic heterocycles. The Balaban J connectivity index is 1.68. The van der Waals surface area contributed by atoms with E-state index in [1.807, 2.05) is 13.8 Å². The van der Waals surface area contributed by atoms with Gasteiger partial charge in [0.05, 0.1) is 12.7 Å². The summed E-state index contributed by atoms with van der Waals surface area (Å²) in [7, 11) is 0. The molecule has 7 heteroatoms. The Kier molecular flexibility index (Phi) is 5.48. The molecule has 0 unspecified atom stereocenters. The second-order valence-corrected chi connectivity index (χ2v) is 10.4. The predicted octanol–water partition coefficient (Wildman–Crippen LogP) is 3.88. The molecular formula is C24H34O7. The van der Waals surface area contributed by atoms with Crippen LogP contribution in [0.15, 0.2) is 11.6 Å². The van der Waals surface area contributed by atoms with Gasteiger partial charge in [-0.2, -0.15) is 0 Å². The first-order chi connectivity index (χ1) is 14.6. The van der Waals surface area contributed by atoms with Gasteiger partial charge in [0.15, 0.2) is 5.78 Å². The smallest absolute Gasteiger partial charge is 0.478 e. The van der Waals surface area contributed by atoms with Crippen LogP contribution in [0, 0.1) is 28.6 Å². The Labute approximate surface area is 183 Å². The first-order valence-electron chi connectivity index (χ1n) is 11.6. The molecule has 0 heterocycles. The van der Waals surface area contributed by atoms with Crippen molar-refractivity contribution in [3.05, 3.63) is 11.6 Å². The number of ether oxygens (including phenoxy) is 2. The van der Waals surface area contributed by atoms with Crippen molar-refractivity contribution in [2.45, 2.75) is 83.8 Å². The van der Waals surface area contributed by atoms with Gasteiger partial charge in [0, 0.05) is 11.8 Å². The number of aliphatic carboxylic acids is 1. The third-order valence-corrected chi connectivity index (χ3v) is 9.04. The molecule has 0 amide bonds. The van der Waals surface area contributed by atoms with E-state index in [4.69, 9.17) is 9.47 Å². The minimum absolute atomic E-state index is 0.0182. The molecule has 0 aromatic carbocycles. The van der Waals surface area contributed by atoms with Crippen LogP contribution in [0.2, 0.25) is 0 Å². The summed E-state index contributed by atoms with van der Waals surface area (Å²) >= 11 is 0. The molecule has 2 N–H and O–H groups in total. The van der Waals surface area contributed by atoms with Gasteiger partial charge in [-0.3, -0.25) is 4.79 Å². The van der Waals surface area contributed by atoms with Crippen molar-refractivity contribution in [1.29, 1.82) is 0 Å². The summed E-state index contributed by atoms with van der Waals surface area (Å²) in [6.07, 6.45) is 4.65. The molecule has 3 saturated carbocycles. The number of carboxylic acids is 1. The van der Waals surface area contributed by atoms with E-state index in [0.29, 0.717) is 19.3 Å². The molecule has 4 rings (SSSR count). The van der Waals surface area contributed by atoms with Crippen LogP contribution in [0.5, 0.6) is 0 Å². The minimum atomic E-state index is -1.70. The van der Waals surface area contributed by atoms with Gasteiger partial charge in [-0.05, 0) is 74.2 Å². The summed E-state index contributed by atoms with van der Waals surface area (Å²) in [4.78, 5) is 36.8. The van der Waals surface area contributed by atoms with Crippen LogP contribution in [0.25, 0.3) is 0 Å². The molecule has 4 aliphatic rings. The van der Waals surface area contributed by atoms with Crippen molar-refractivity contribution >= 4 is 17.9 Å². The maximum Gasteiger partial charge on any atom is 0.509 e. The molecule has 0 aromatic rings. The average molecular weight is 435 g/mol.